The lowest BCUT2D eigenvalue weighted by Gasteiger charge is -2.19. The Morgan fingerprint density at radius 1 is 1.50 bits per heavy atom. The number of aromatic nitrogens is 2. The van der Waals surface area contributed by atoms with Crippen LogP contribution in [-0.4, -0.2) is 44.1 Å². The maximum Gasteiger partial charge on any atom is 0.323 e. The maximum atomic E-state index is 12.6. The smallest absolute Gasteiger partial charge is 0.323 e. The molecule has 1 N–H and O–H groups in total. The highest BCUT2D eigenvalue weighted by atomic mass is 16.4. The molecule has 1 saturated carbocycles. The number of carbonyl (C=O) groups excluding carboxylic acids is 1. The number of rotatable bonds is 4. The van der Waals surface area contributed by atoms with Crippen molar-refractivity contribution in [3.8, 4) is 0 Å². The molecule has 104 valence electrons. The molecule has 1 fully saturated rings. The minimum Gasteiger partial charge on any atom is -0.480 e. The fourth-order valence-electron chi connectivity index (χ4n) is 2.30. The van der Waals surface area contributed by atoms with E-state index in [0.717, 1.165) is 18.4 Å². The van der Waals surface area contributed by atoms with Crippen LogP contribution in [0.1, 0.15) is 28.8 Å². The molecule has 1 aliphatic carbocycles. The first-order valence-electron chi connectivity index (χ1n) is 6.53. The van der Waals surface area contributed by atoms with Gasteiger partial charge in [0.15, 0.2) is 0 Å². The lowest BCUT2D eigenvalue weighted by atomic mass is 10.2. The second kappa shape index (κ2) is 4.63. The largest absolute Gasteiger partial charge is 0.480 e. The summed E-state index contributed by atoms with van der Waals surface area (Å²) in [4.78, 5) is 24.9. The second-order valence-electron chi connectivity index (χ2n) is 5.15. The Labute approximate surface area is 115 Å². The van der Waals surface area contributed by atoms with Crippen molar-refractivity contribution in [2.24, 2.45) is 0 Å². The first-order chi connectivity index (χ1) is 9.56. The topological polar surface area (TPSA) is 74.9 Å². The molecule has 0 bridgehead atoms. The van der Waals surface area contributed by atoms with Crippen molar-refractivity contribution in [2.45, 2.75) is 25.8 Å². The van der Waals surface area contributed by atoms with E-state index in [4.69, 9.17) is 5.11 Å². The Morgan fingerprint density at radius 2 is 2.25 bits per heavy atom. The SMILES string of the molecule is Cc1ccn2ncc(C(=O)N(CC(=O)O)C3CC3)c2c1. The van der Waals surface area contributed by atoms with Crippen LogP contribution in [0.15, 0.2) is 24.5 Å². The minimum atomic E-state index is -0.988. The van der Waals surface area contributed by atoms with E-state index < -0.39 is 5.97 Å². The van der Waals surface area contributed by atoms with Crippen molar-refractivity contribution in [2.75, 3.05) is 6.54 Å². The van der Waals surface area contributed by atoms with Gasteiger partial charge in [-0.15, -0.1) is 0 Å². The summed E-state index contributed by atoms with van der Waals surface area (Å²) in [5.74, 6) is -1.24. The number of fused-ring (bicyclic) bond motifs is 1. The Balaban J connectivity index is 1.98. The van der Waals surface area contributed by atoms with Crippen LogP contribution in [0.4, 0.5) is 0 Å². The number of carboxylic acids is 1. The molecule has 1 aliphatic rings. The van der Waals surface area contributed by atoms with Crippen molar-refractivity contribution in [3.05, 3.63) is 35.7 Å². The maximum absolute atomic E-state index is 12.6. The molecule has 0 aromatic carbocycles. The minimum absolute atomic E-state index is 0.0540. The summed E-state index contributed by atoms with van der Waals surface area (Å²) < 4.78 is 1.63. The number of nitrogens with zero attached hydrogens (tertiary/aromatic N) is 3. The van der Waals surface area contributed by atoms with E-state index in [2.05, 4.69) is 5.10 Å². The van der Waals surface area contributed by atoms with E-state index in [1.54, 1.807) is 10.7 Å². The highest BCUT2D eigenvalue weighted by molar-refractivity contribution is 6.02. The Morgan fingerprint density at radius 3 is 2.90 bits per heavy atom. The number of carbonyl (C=O) groups is 2. The molecule has 1 amide bonds. The van der Waals surface area contributed by atoms with Crippen molar-refractivity contribution in [3.63, 3.8) is 0 Å². The van der Waals surface area contributed by atoms with E-state index in [1.165, 1.54) is 11.1 Å². The number of amides is 1. The van der Waals surface area contributed by atoms with Crippen molar-refractivity contribution < 1.29 is 14.7 Å². The third-order valence-electron chi connectivity index (χ3n) is 3.46. The molecule has 20 heavy (non-hydrogen) atoms. The molecular formula is C14H15N3O3. The van der Waals surface area contributed by atoms with Gasteiger partial charge in [-0.3, -0.25) is 9.59 Å². The summed E-state index contributed by atoms with van der Waals surface area (Å²) in [5, 5.41) is 13.1. The normalized spacial score (nSPS) is 14.4. The molecule has 0 atom stereocenters. The van der Waals surface area contributed by atoms with Gasteiger partial charge < -0.3 is 10.0 Å². The van der Waals surface area contributed by atoms with Gasteiger partial charge >= 0.3 is 5.97 Å². The van der Waals surface area contributed by atoms with E-state index >= 15 is 0 Å². The standard InChI is InChI=1S/C14H15N3O3/c1-9-4-5-17-12(6-9)11(7-15-17)14(20)16(8-13(18)19)10-2-3-10/h4-7,10H,2-3,8H2,1H3,(H,18,19). The Hall–Kier alpha value is -2.37. The fourth-order valence-corrected chi connectivity index (χ4v) is 2.30. The molecule has 6 heteroatoms. The number of aryl methyl sites for hydroxylation is 1. The van der Waals surface area contributed by atoms with Crippen molar-refractivity contribution in [1.82, 2.24) is 14.5 Å². The van der Waals surface area contributed by atoms with Gasteiger partial charge in [0.2, 0.25) is 0 Å². The number of pyridine rings is 1. The van der Waals surface area contributed by atoms with Gasteiger partial charge in [0.1, 0.15) is 6.54 Å². The molecule has 2 aromatic heterocycles. The van der Waals surface area contributed by atoms with E-state index in [0.29, 0.717) is 11.1 Å². The number of hydrogen-bond donors (Lipinski definition) is 1. The second-order valence-corrected chi connectivity index (χ2v) is 5.15. The van der Waals surface area contributed by atoms with Crippen LogP contribution in [0.5, 0.6) is 0 Å². The molecule has 0 radical (unpaired) electrons. The summed E-state index contributed by atoms with van der Waals surface area (Å²) in [7, 11) is 0. The van der Waals surface area contributed by atoms with Gasteiger partial charge in [-0.05, 0) is 37.5 Å². The molecule has 0 spiro atoms. The van der Waals surface area contributed by atoms with Crippen LogP contribution < -0.4 is 0 Å². The zero-order valence-corrected chi connectivity index (χ0v) is 11.1. The third-order valence-corrected chi connectivity index (χ3v) is 3.46. The van der Waals surface area contributed by atoms with Gasteiger partial charge in [-0.25, -0.2) is 4.52 Å². The summed E-state index contributed by atoms with van der Waals surface area (Å²) in [5.41, 5.74) is 2.20. The predicted molar refractivity (Wildman–Crippen MR) is 71.6 cm³/mol. The van der Waals surface area contributed by atoms with E-state index in [1.807, 2.05) is 19.1 Å². The number of hydrogen-bond acceptors (Lipinski definition) is 3. The highest BCUT2D eigenvalue weighted by Gasteiger charge is 2.35. The van der Waals surface area contributed by atoms with Crippen LogP contribution in [0.3, 0.4) is 0 Å². The van der Waals surface area contributed by atoms with Gasteiger partial charge in [-0.1, -0.05) is 0 Å². The van der Waals surface area contributed by atoms with Gasteiger partial charge in [0.05, 0.1) is 17.3 Å². The molecule has 3 rings (SSSR count). The Bertz CT molecular complexity index is 688. The molecule has 0 unspecified atom stereocenters. The first-order valence-corrected chi connectivity index (χ1v) is 6.53. The van der Waals surface area contributed by atoms with Crippen LogP contribution >= 0.6 is 0 Å². The molecule has 2 aromatic rings. The molecule has 0 aliphatic heterocycles. The van der Waals surface area contributed by atoms with E-state index in [9.17, 15) is 9.59 Å². The summed E-state index contributed by atoms with van der Waals surface area (Å²) in [6, 6.07) is 3.84. The lowest BCUT2D eigenvalue weighted by Crippen LogP contribution is -2.37. The molecular weight excluding hydrogens is 258 g/mol. The molecule has 0 saturated heterocycles. The first kappa shape index (κ1) is 12.7. The number of aliphatic carboxylic acids is 1. The Kier molecular flexibility index (Phi) is 2.93. The fraction of sp³-hybridized carbons (Fsp3) is 0.357. The van der Waals surface area contributed by atoms with Crippen molar-refractivity contribution >= 4 is 17.4 Å². The number of carboxylic acid groups (broad SMARTS) is 1. The summed E-state index contributed by atoms with van der Waals surface area (Å²) in [6.07, 6.45) is 5.04. The third kappa shape index (κ3) is 2.24. The highest BCUT2D eigenvalue weighted by Crippen LogP contribution is 2.28. The predicted octanol–water partition coefficient (Wildman–Crippen LogP) is 1.33. The van der Waals surface area contributed by atoms with Crippen LogP contribution in [0.25, 0.3) is 5.52 Å². The summed E-state index contributed by atoms with van der Waals surface area (Å²) in [6.45, 7) is 1.68. The zero-order valence-electron chi connectivity index (χ0n) is 11.1. The monoisotopic (exact) mass is 273 g/mol. The lowest BCUT2D eigenvalue weighted by molar-refractivity contribution is -0.137. The molecule has 6 nitrogen and oxygen atoms in total. The van der Waals surface area contributed by atoms with E-state index in [-0.39, 0.29) is 18.5 Å². The van der Waals surface area contributed by atoms with Gasteiger partial charge in [0.25, 0.3) is 5.91 Å². The van der Waals surface area contributed by atoms with Crippen LogP contribution in [0.2, 0.25) is 0 Å². The average molecular weight is 273 g/mol. The average Bonchev–Trinajstić information content (AvgIpc) is 3.15. The quantitative estimate of drug-likeness (QED) is 0.912. The zero-order chi connectivity index (χ0) is 14.3. The van der Waals surface area contributed by atoms with Crippen LogP contribution in [0, 0.1) is 6.92 Å². The molecule has 2 heterocycles. The van der Waals surface area contributed by atoms with Gasteiger partial charge in [0, 0.05) is 12.2 Å². The summed E-state index contributed by atoms with van der Waals surface area (Å²) >= 11 is 0. The van der Waals surface area contributed by atoms with Crippen LogP contribution in [-0.2, 0) is 4.79 Å². The van der Waals surface area contributed by atoms with Crippen molar-refractivity contribution in [1.29, 1.82) is 0 Å². The van der Waals surface area contributed by atoms with Gasteiger partial charge in [-0.2, -0.15) is 5.10 Å².